The van der Waals surface area contributed by atoms with Crippen LogP contribution in [0, 0.1) is 6.92 Å². The van der Waals surface area contributed by atoms with Gasteiger partial charge in [-0.15, -0.1) is 5.10 Å². The number of rotatable bonds is 7. The van der Waals surface area contributed by atoms with Crippen LogP contribution >= 0.6 is 11.8 Å². The summed E-state index contributed by atoms with van der Waals surface area (Å²) in [4.78, 5) is 12.4. The van der Waals surface area contributed by atoms with E-state index in [1.54, 1.807) is 4.68 Å². The maximum Gasteiger partial charge on any atom is 0.233 e. The maximum atomic E-state index is 12.4. The molecule has 1 aliphatic carbocycles. The summed E-state index contributed by atoms with van der Waals surface area (Å²) in [5, 5.41) is 15.3. The third-order valence-corrected chi connectivity index (χ3v) is 5.60. The molecule has 0 bridgehead atoms. The van der Waals surface area contributed by atoms with Gasteiger partial charge in [-0.25, -0.2) is 0 Å². The molecule has 1 N–H and O–H groups in total. The van der Waals surface area contributed by atoms with Crippen LogP contribution in [0.4, 0.5) is 0 Å². The molecule has 2 aromatic rings. The molecule has 1 aromatic heterocycles. The second-order valence-electron chi connectivity index (χ2n) is 6.57. The van der Waals surface area contributed by atoms with Crippen LogP contribution in [0.1, 0.15) is 44.6 Å². The number of hydrogen-bond acceptors (Lipinski definition) is 5. The van der Waals surface area contributed by atoms with Gasteiger partial charge in [0.05, 0.1) is 10.9 Å². The van der Waals surface area contributed by atoms with Crippen molar-refractivity contribution in [2.75, 3.05) is 6.54 Å². The second-order valence-corrected chi connectivity index (χ2v) is 7.88. The van der Waals surface area contributed by atoms with Crippen LogP contribution in [0.25, 0.3) is 5.69 Å². The molecule has 0 saturated heterocycles. The number of tetrazole rings is 1. The van der Waals surface area contributed by atoms with E-state index in [9.17, 15) is 4.79 Å². The third kappa shape index (κ3) is 4.72. The zero-order chi connectivity index (χ0) is 18.4. The Morgan fingerprint density at radius 1 is 1.35 bits per heavy atom. The highest BCUT2D eigenvalue weighted by molar-refractivity contribution is 8.00. The molecule has 26 heavy (non-hydrogen) atoms. The SMILES string of the molecule is Cc1ccccc1-n1nnnc1S[C@@H](C)C(=O)NCCC1=CCCCC1. The summed E-state index contributed by atoms with van der Waals surface area (Å²) in [6.45, 7) is 4.59. The fourth-order valence-corrected chi connectivity index (χ4v) is 3.86. The first-order valence-corrected chi connectivity index (χ1v) is 10.00. The summed E-state index contributed by atoms with van der Waals surface area (Å²) >= 11 is 1.37. The molecule has 138 valence electrons. The highest BCUT2D eigenvalue weighted by Crippen LogP contribution is 2.24. The number of aromatic nitrogens is 4. The molecule has 1 aliphatic rings. The Hall–Kier alpha value is -2.15. The first kappa shape index (κ1) is 18.6. The summed E-state index contributed by atoms with van der Waals surface area (Å²) in [5.74, 6) is 0.0192. The smallest absolute Gasteiger partial charge is 0.233 e. The first-order chi connectivity index (χ1) is 12.6. The molecule has 6 nitrogen and oxygen atoms in total. The number of nitrogens with zero attached hydrogens (tertiary/aromatic N) is 4. The first-order valence-electron chi connectivity index (χ1n) is 9.12. The van der Waals surface area contributed by atoms with E-state index >= 15 is 0 Å². The zero-order valence-electron chi connectivity index (χ0n) is 15.3. The monoisotopic (exact) mass is 371 g/mol. The Kier molecular flexibility index (Phi) is 6.44. The molecule has 0 aliphatic heterocycles. The number of benzene rings is 1. The minimum absolute atomic E-state index is 0.0192. The fraction of sp³-hybridized carbons (Fsp3) is 0.474. The number of carbonyl (C=O) groups excluding carboxylic acids is 1. The number of para-hydroxylation sites is 1. The van der Waals surface area contributed by atoms with Gasteiger partial charge in [-0.3, -0.25) is 4.79 Å². The Morgan fingerprint density at radius 2 is 2.19 bits per heavy atom. The van der Waals surface area contributed by atoms with Crippen LogP contribution in [0.15, 0.2) is 41.1 Å². The van der Waals surface area contributed by atoms with Gasteiger partial charge in [-0.2, -0.15) is 4.68 Å². The molecule has 0 fully saturated rings. The van der Waals surface area contributed by atoms with Crippen molar-refractivity contribution in [3.63, 3.8) is 0 Å². The van der Waals surface area contributed by atoms with Crippen LogP contribution < -0.4 is 5.32 Å². The van der Waals surface area contributed by atoms with E-state index in [4.69, 9.17) is 0 Å². The van der Waals surface area contributed by atoms with Crippen LogP contribution in [0.3, 0.4) is 0 Å². The standard InChI is InChI=1S/C19H25N5OS/c1-14-8-6-7-11-17(14)24-19(21-22-23-24)26-15(2)18(25)20-13-12-16-9-4-3-5-10-16/h6-9,11,15H,3-5,10,12-13H2,1-2H3,(H,20,25)/t15-/m0/s1. The van der Waals surface area contributed by atoms with E-state index in [-0.39, 0.29) is 11.2 Å². The lowest BCUT2D eigenvalue weighted by atomic mass is 9.97. The van der Waals surface area contributed by atoms with Crippen LogP contribution in [-0.4, -0.2) is 37.9 Å². The van der Waals surface area contributed by atoms with Gasteiger partial charge in [0.15, 0.2) is 0 Å². The van der Waals surface area contributed by atoms with Crippen LogP contribution in [0.2, 0.25) is 0 Å². The minimum Gasteiger partial charge on any atom is -0.355 e. The lowest BCUT2D eigenvalue weighted by Gasteiger charge is -2.15. The van der Waals surface area contributed by atoms with Crippen molar-refractivity contribution in [3.8, 4) is 5.69 Å². The van der Waals surface area contributed by atoms with E-state index in [1.165, 1.54) is 43.0 Å². The van der Waals surface area contributed by atoms with Gasteiger partial charge in [0, 0.05) is 6.54 Å². The molecular formula is C19H25N5OS. The maximum absolute atomic E-state index is 12.4. The van der Waals surface area contributed by atoms with Crippen LogP contribution in [-0.2, 0) is 4.79 Å². The summed E-state index contributed by atoms with van der Waals surface area (Å²) in [6, 6.07) is 7.92. The Balaban J connectivity index is 1.56. The van der Waals surface area contributed by atoms with Crippen molar-refractivity contribution >= 4 is 17.7 Å². The summed E-state index contributed by atoms with van der Waals surface area (Å²) in [5.41, 5.74) is 3.48. The van der Waals surface area contributed by atoms with Gasteiger partial charge in [0.2, 0.25) is 11.1 Å². The molecule has 1 atom stereocenters. The van der Waals surface area contributed by atoms with Gasteiger partial charge >= 0.3 is 0 Å². The Labute approximate surface area is 158 Å². The number of amides is 1. The van der Waals surface area contributed by atoms with Crippen molar-refractivity contribution < 1.29 is 4.79 Å². The van der Waals surface area contributed by atoms with Gasteiger partial charge in [-0.1, -0.05) is 41.6 Å². The molecule has 1 heterocycles. The lowest BCUT2D eigenvalue weighted by Crippen LogP contribution is -2.32. The van der Waals surface area contributed by atoms with Crippen molar-refractivity contribution in [2.24, 2.45) is 0 Å². The predicted molar refractivity (Wildman–Crippen MR) is 103 cm³/mol. The number of allylic oxidation sites excluding steroid dienone is 1. The third-order valence-electron chi connectivity index (χ3n) is 4.57. The fourth-order valence-electron chi connectivity index (χ4n) is 3.04. The summed E-state index contributed by atoms with van der Waals surface area (Å²) in [7, 11) is 0. The number of carbonyl (C=O) groups is 1. The number of nitrogens with one attached hydrogen (secondary N) is 1. The average Bonchev–Trinajstić information content (AvgIpc) is 3.10. The number of aryl methyl sites for hydroxylation is 1. The summed E-state index contributed by atoms with van der Waals surface area (Å²) < 4.78 is 1.69. The van der Waals surface area contributed by atoms with Gasteiger partial charge in [-0.05, 0) is 68.0 Å². The van der Waals surface area contributed by atoms with E-state index in [0.29, 0.717) is 11.7 Å². The van der Waals surface area contributed by atoms with Gasteiger partial charge in [0.1, 0.15) is 0 Å². The molecule has 0 saturated carbocycles. The zero-order valence-corrected chi connectivity index (χ0v) is 16.1. The lowest BCUT2D eigenvalue weighted by molar-refractivity contribution is -0.120. The largest absolute Gasteiger partial charge is 0.355 e. The summed E-state index contributed by atoms with van der Waals surface area (Å²) in [6.07, 6.45) is 8.18. The van der Waals surface area contributed by atoms with Crippen molar-refractivity contribution in [3.05, 3.63) is 41.5 Å². The molecular weight excluding hydrogens is 346 g/mol. The highest BCUT2D eigenvalue weighted by Gasteiger charge is 2.19. The Bertz CT molecular complexity index is 786. The van der Waals surface area contributed by atoms with E-state index in [1.807, 2.05) is 38.1 Å². The van der Waals surface area contributed by atoms with Gasteiger partial charge in [0.25, 0.3) is 0 Å². The second kappa shape index (κ2) is 8.98. The highest BCUT2D eigenvalue weighted by atomic mass is 32.2. The molecule has 0 spiro atoms. The van der Waals surface area contributed by atoms with Crippen molar-refractivity contribution in [2.45, 2.75) is 56.4 Å². The van der Waals surface area contributed by atoms with E-state index in [0.717, 1.165) is 17.7 Å². The number of thioether (sulfide) groups is 1. The van der Waals surface area contributed by atoms with E-state index in [2.05, 4.69) is 26.9 Å². The Morgan fingerprint density at radius 3 is 2.96 bits per heavy atom. The topological polar surface area (TPSA) is 72.7 Å². The minimum atomic E-state index is -0.260. The molecule has 3 rings (SSSR count). The molecule has 1 aromatic carbocycles. The van der Waals surface area contributed by atoms with Crippen molar-refractivity contribution in [1.82, 2.24) is 25.5 Å². The molecule has 1 amide bonds. The number of hydrogen-bond donors (Lipinski definition) is 1. The van der Waals surface area contributed by atoms with Gasteiger partial charge < -0.3 is 5.32 Å². The quantitative estimate of drug-likeness (QED) is 0.596. The van der Waals surface area contributed by atoms with Crippen molar-refractivity contribution in [1.29, 1.82) is 0 Å². The average molecular weight is 372 g/mol. The molecule has 0 unspecified atom stereocenters. The van der Waals surface area contributed by atoms with E-state index < -0.39 is 0 Å². The molecule has 0 radical (unpaired) electrons. The predicted octanol–water partition coefficient (Wildman–Crippen LogP) is 3.46. The normalized spacial score (nSPS) is 15.4. The molecule has 7 heteroatoms. The van der Waals surface area contributed by atoms with Crippen LogP contribution in [0.5, 0.6) is 0 Å².